The molecular formula is C19H12ClF2N3O2. The van der Waals surface area contributed by atoms with E-state index in [0.717, 1.165) is 24.3 Å². The Balaban J connectivity index is 1.83. The topological polar surface area (TPSA) is 71.1 Å². The molecule has 0 unspecified atom stereocenters. The molecule has 0 aliphatic rings. The van der Waals surface area contributed by atoms with Crippen molar-refractivity contribution >= 4 is 34.9 Å². The van der Waals surface area contributed by atoms with Crippen LogP contribution >= 0.6 is 11.6 Å². The van der Waals surface area contributed by atoms with E-state index in [1.54, 1.807) is 0 Å². The molecule has 0 saturated carbocycles. The molecule has 3 rings (SSSR count). The quantitative estimate of drug-likeness (QED) is 0.691. The highest BCUT2D eigenvalue weighted by Crippen LogP contribution is 2.20. The van der Waals surface area contributed by atoms with Crippen LogP contribution in [0.2, 0.25) is 5.02 Å². The minimum atomic E-state index is -0.668. The molecule has 2 aromatic carbocycles. The van der Waals surface area contributed by atoms with Gasteiger partial charge in [0.05, 0.1) is 16.3 Å². The van der Waals surface area contributed by atoms with Crippen molar-refractivity contribution in [2.24, 2.45) is 0 Å². The molecule has 2 N–H and O–H groups in total. The monoisotopic (exact) mass is 387 g/mol. The van der Waals surface area contributed by atoms with Crippen molar-refractivity contribution < 1.29 is 18.4 Å². The summed E-state index contributed by atoms with van der Waals surface area (Å²) < 4.78 is 26.6. The smallest absolute Gasteiger partial charge is 0.259 e. The van der Waals surface area contributed by atoms with Crippen LogP contribution in [0.1, 0.15) is 20.7 Å². The second-order valence-electron chi connectivity index (χ2n) is 5.47. The molecule has 0 bridgehead atoms. The number of carbonyl (C=O) groups is 2. The summed E-state index contributed by atoms with van der Waals surface area (Å²) in [6, 6.07) is 11.3. The van der Waals surface area contributed by atoms with Gasteiger partial charge in [0.1, 0.15) is 17.5 Å². The van der Waals surface area contributed by atoms with Gasteiger partial charge in [-0.3, -0.25) is 9.59 Å². The molecule has 0 atom stereocenters. The number of aromatic nitrogens is 1. The van der Waals surface area contributed by atoms with Crippen LogP contribution in [-0.4, -0.2) is 16.8 Å². The summed E-state index contributed by atoms with van der Waals surface area (Å²) in [6.45, 7) is 0. The Hall–Kier alpha value is -3.32. The van der Waals surface area contributed by atoms with Crippen molar-refractivity contribution in [2.45, 2.75) is 0 Å². The molecule has 0 aliphatic carbocycles. The van der Waals surface area contributed by atoms with Gasteiger partial charge in [0.25, 0.3) is 11.8 Å². The van der Waals surface area contributed by atoms with Gasteiger partial charge in [0, 0.05) is 11.8 Å². The molecule has 0 aliphatic heterocycles. The SMILES string of the molecule is O=C(Nc1ccc(F)cc1C(=O)Nc1ccc(Cl)cn1)c1ccc(F)cc1. The minimum Gasteiger partial charge on any atom is -0.321 e. The lowest BCUT2D eigenvalue weighted by Gasteiger charge is -2.12. The van der Waals surface area contributed by atoms with E-state index in [1.165, 1.54) is 36.5 Å². The van der Waals surface area contributed by atoms with Crippen LogP contribution in [0.25, 0.3) is 0 Å². The van der Waals surface area contributed by atoms with Crippen LogP contribution in [0.4, 0.5) is 20.3 Å². The molecule has 0 saturated heterocycles. The second-order valence-corrected chi connectivity index (χ2v) is 5.90. The maximum atomic E-state index is 13.6. The predicted molar refractivity (Wildman–Crippen MR) is 98.0 cm³/mol. The summed E-state index contributed by atoms with van der Waals surface area (Å²) in [6.07, 6.45) is 1.35. The van der Waals surface area contributed by atoms with Gasteiger partial charge >= 0.3 is 0 Å². The zero-order valence-electron chi connectivity index (χ0n) is 13.7. The fourth-order valence-electron chi connectivity index (χ4n) is 2.24. The molecule has 1 heterocycles. The Morgan fingerprint density at radius 2 is 1.56 bits per heavy atom. The van der Waals surface area contributed by atoms with E-state index in [9.17, 15) is 18.4 Å². The number of benzene rings is 2. The van der Waals surface area contributed by atoms with Gasteiger partial charge < -0.3 is 10.6 Å². The average molecular weight is 388 g/mol. The number of anilines is 2. The van der Waals surface area contributed by atoms with Crippen molar-refractivity contribution in [3.05, 3.63) is 88.6 Å². The molecule has 0 fully saturated rings. The fourth-order valence-corrected chi connectivity index (χ4v) is 2.35. The largest absolute Gasteiger partial charge is 0.321 e. The number of hydrogen-bond donors (Lipinski definition) is 2. The van der Waals surface area contributed by atoms with Crippen LogP contribution in [0.3, 0.4) is 0 Å². The standard InChI is InChI=1S/C19H12ClF2N3O2/c20-12-3-8-17(23-10-12)25-19(27)15-9-14(22)6-7-16(15)24-18(26)11-1-4-13(21)5-2-11/h1-10H,(H,24,26)(H,23,25,27). The van der Waals surface area contributed by atoms with Gasteiger partial charge in [-0.2, -0.15) is 0 Å². The molecule has 0 radical (unpaired) electrons. The van der Waals surface area contributed by atoms with E-state index in [1.807, 2.05) is 0 Å². The Morgan fingerprint density at radius 3 is 2.22 bits per heavy atom. The Labute approximate surface area is 158 Å². The molecule has 0 spiro atoms. The zero-order valence-corrected chi connectivity index (χ0v) is 14.4. The van der Waals surface area contributed by atoms with Crippen LogP contribution in [0, 0.1) is 11.6 Å². The molecule has 27 heavy (non-hydrogen) atoms. The maximum Gasteiger partial charge on any atom is 0.259 e. The third-order valence-electron chi connectivity index (χ3n) is 3.55. The molecule has 2 amide bonds. The molecule has 8 heteroatoms. The zero-order chi connectivity index (χ0) is 19.4. The number of nitrogens with one attached hydrogen (secondary N) is 2. The van der Waals surface area contributed by atoms with Crippen LogP contribution in [0.5, 0.6) is 0 Å². The first-order valence-corrected chi connectivity index (χ1v) is 8.09. The number of amides is 2. The highest BCUT2D eigenvalue weighted by molar-refractivity contribution is 6.30. The lowest BCUT2D eigenvalue weighted by atomic mass is 10.1. The van der Waals surface area contributed by atoms with E-state index in [4.69, 9.17) is 11.6 Å². The average Bonchev–Trinajstić information content (AvgIpc) is 2.65. The van der Waals surface area contributed by atoms with E-state index in [-0.39, 0.29) is 22.6 Å². The summed E-state index contributed by atoms with van der Waals surface area (Å²) in [5.41, 5.74) is 0.186. The third kappa shape index (κ3) is 4.65. The minimum absolute atomic E-state index is 0.0946. The predicted octanol–water partition coefficient (Wildman–Crippen LogP) is 4.52. The van der Waals surface area contributed by atoms with E-state index in [0.29, 0.717) is 5.02 Å². The Kier molecular flexibility index (Phi) is 5.42. The first-order chi connectivity index (χ1) is 12.9. The third-order valence-corrected chi connectivity index (χ3v) is 3.77. The van der Waals surface area contributed by atoms with Gasteiger partial charge in [-0.25, -0.2) is 13.8 Å². The van der Waals surface area contributed by atoms with Gasteiger partial charge in [0.15, 0.2) is 0 Å². The second kappa shape index (κ2) is 7.92. The highest BCUT2D eigenvalue weighted by Gasteiger charge is 2.16. The van der Waals surface area contributed by atoms with Crippen molar-refractivity contribution in [2.75, 3.05) is 10.6 Å². The number of halogens is 3. The summed E-state index contributed by atoms with van der Waals surface area (Å²) in [5, 5.41) is 5.41. The van der Waals surface area contributed by atoms with Crippen molar-refractivity contribution in [3.63, 3.8) is 0 Å². The number of hydrogen-bond acceptors (Lipinski definition) is 3. The van der Waals surface area contributed by atoms with Gasteiger partial charge in [-0.05, 0) is 54.6 Å². The molecule has 3 aromatic rings. The lowest BCUT2D eigenvalue weighted by Crippen LogP contribution is -2.19. The normalized spacial score (nSPS) is 10.3. The van der Waals surface area contributed by atoms with Crippen LogP contribution in [0.15, 0.2) is 60.8 Å². The molecule has 1 aromatic heterocycles. The number of rotatable bonds is 4. The van der Waals surface area contributed by atoms with Crippen molar-refractivity contribution in [1.82, 2.24) is 4.98 Å². The van der Waals surface area contributed by atoms with E-state index < -0.39 is 23.4 Å². The Bertz CT molecular complexity index is 993. The van der Waals surface area contributed by atoms with Gasteiger partial charge in [0.2, 0.25) is 0 Å². The van der Waals surface area contributed by atoms with Gasteiger partial charge in [-0.1, -0.05) is 11.6 Å². The van der Waals surface area contributed by atoms with Gasteiger partial charge in [-0.15, -0.1) is 0 Å². The lowest BCUT2D eigenvalue weighted by molar-refractivity contribution is 0.102. The molecular weight excluding hydrogens is 376 g/mol. The fraction of sp³-hybridized carbons (Fsp3) is 0. The summed E-state index contributed by atoms with van der Waals surface area (Å²) >= 11 is 5.74. The first kappa shape index (κ1) is 18.5. The summed E-state index contributed by atoms with van der Waals surface area (Å²) in [5.74, 6) is -2.16. The van der Waals surface area contributed by atoms with Crippen LogP contribution < -0.4 is 10.6 Å². The highest BCUT2D eigenvalue weighted by atomic mass is 35.5. The maximum absolute atomic E-state index is 13.6. The van der Waals surface area contributed by atoms with E-state index >= 15 is 0 Å². The molecule has 136 valence electrons. The van der Waals surface area contributed by atoms with Crippen molar-refractivity contribution in [1.29, 1.82) is 0 Å². The van der Waals surface area contributed by atoms with Crippen LogP contribution in [-0.2, 0) is 0 Å². The first-order valence-electron chi connectivity index (χ1n) is 7.72. The number of nitrogens with zero attached hydrogens (tertiary/aromatic N) is 1. The van der Waals surface area contributed by atoms with Crippen molar-refractivity contribution in [3.8, 4) is 0 Å². The Morgan fingerprint density at radius 1 is 0.852 bits per heavy atom. The van der Waals surface area contributed by atoms with E-state index in [2.05, 4.69) is 15.6 Å². The summed E-state index contributed by atoms with van der Waals surface area (Å²) in [7, 11) is 0. The molecule has 5 nitrogen and oxygen atoms in total. The number of carbonyl (C=O) groups excluding carboxylic acids is 2. The summed E-state index contributed by atoms with van der Waals surface area (Å²) in [4.78, 5) is 28.7. The number of pyridine rings is 1.